The Hall–Kier alpha value is -3.10. The molecular formula is C24H22N2O4S2. The first-order chi connectivity index (χ1) is 15.4. The maximum atomic E-state index is 13.4. The first kappa shape index (κ1) is 22.1. The number of carbonyl (C=O) groups is 3. The van der Waals surface area contributed by atoms with E-state index in [1.165, 1.54) is 28.0 Å². The lowest BCUT2D eigenvalue weighted by Crippen LogP contribution is -2.53. The molecule has 1 aliphatic rings. The fourth-order valence-electron chi connectivity index (χ4n) is 3.57. The SMILES string of the molecule is CCOC(=O)c1c(-c2ccccc2)csc1NC(=O)C1(C)Sc2ccccc2N(C)C1=O. The van der Waals surface area contributed by atoms with Crippen molar-refractivity contribution >= 4 is 51.6 Å². The molecule has 0 radical (unpaired) electrons. The molecule has 4 rings (SSSR count). The molecule has 0 bridgehead atoms. The van der Waals surface area contributed by atoms with E-state index >= 15 is 0 Å². The molecule has 0 saturated carbocycles. The quantitative estimate of drug-likeness (QED) is 0.420. The number of fused-ring (bicyclic) bond motifs is 1. The van der Waals surface area contributed by atoms with Crippen molar-refractivity contribution in [2.45, 2.75) is 23.5 Å². The Morgan fingerprint density at radius 3 is 2.50 bits per heavy atom. The fraction of sp³-hybridized carbons (Fsp3) is 0.208. The highest BCUT2D eigenvalue weighted by Crippen LogP contribution is 2.46. The molecule has 6 nitrogen and oxygen atoms in total. The van der Waals surface area contributed by atoms with Crippen LogP contribution in [0.3, 0.4) is 0 Å². The van der Waals surface area contributed by atoms with E-state index in [2.05, 4.69) is 5.32 Å². The topological polar surface area (TPSA) is 75.7 Å². The van der Waals surface area contributed by atoms with E-state index in [4.69, 9.17) is 4.74 Å². The predicted octanol–water partition coefficient (Wildman–Crippen LogP) is 5.06. The summed E-state index contributed by atoms with van der Waals surface area (Å²) in [5.41, 5.74) is 2.58. The lowest BCUT2D eigenvalue weighted by Gasteiger charge is -2.36. The van der Waals surface area contributed by atoms with Gasteiger partial charge in [-0.05, 0) is 31.5 Å². The van der Waals surface area contributed by atoms with Gasteiger partial charge >= 0.3 is 5.97 Å². The number of hydrogen-bond donors (Lipinski definition) is 1. The van der Waals surface area contributed by atoms with E-state index in [9.17, 15) is 14.4 Å². The van der Waals surface area contributed by atoms with Crippen LogP contribution in [0.2, 0.25) is 0 Å². The normalized spacial score (nSPS) is 17.6. The second kappa shape index (κ2) is 8.80. The van der Waals surface area contributed by atoms with Crippen LogP contribution in [0.5, 0.6) is 0 Å². The third-order valence-electron chi connectivity index (χ3n) is 5.27. The number of hydrogen-bond acceptors (Lipinski definition) is 6. The van der Waals surface area contributed by atoms with Crippen molar-refractivity contribution in [3.8, 4) is 11.1 Å². The van der Waals surface area contributed by atoms with E-state index in [1.807, 2.05) is 60.0 Å². The molecule has 1 N–H and O–H groups in total. The first-order valence-electron chi connectivity index (χ1n) is 10.1. The molecule has 0 saturated heterocycles. The van der Waals surface area contributed by atoms with Crippen molar-refractivity contribution < 1.29 is 19.1 Å². The highest BCUT2D eigenvalue weighted by Gasteiger charge is 2.48. The number of rotatable bonds is 5. The molecule has 164 valence electrons. The third kappa shape index (κ3) is 3.80. The van der Waals surface area contributed by atoms with Crippen LogP contribution in [0.25, 0.3) is 11.1 Å². The van der Waals surface area contributed by atoms with E-state index in [0.717, 1.165) is 16.1 Å². The molecule has 1 atom stereocenters. The molecule has 0 fully saturated rings. The second-order valence-electron chi connectivity index (χ2n) is 7.36. The Labute approximate surface area is 194 Å². The summed E-state index contributed by atoms with van der Waals surface area (Å²) in [6.45, 7) is 3.55. The number of benzene rings is 2. The molecule has 2 amide bonds. The van der Waals surface area contributed by atoms with Crippen LogP contribution in [0.15, 0.2) is 64.9 Å². The molecule has 0 spiro atoms. The van der Waals surface area contributed by atoms with Gasteiger partial charge in [-0.1, -0.05) is 54.2 Å². The summed E-state index contributed by atoms with van der Waals surface area (Å²) in [7, 11) is 1.66. The standard InChI is InChI=1S/C24H22N2O4S2/c1-4-30-21(27)19-16(15-10-6-5-7-11-15)14-31-20(19)25-22(28)24(2)23(29)26(3)17-12-8-9-13-18(17)32-24/h5-14H,4H2,1-3H3,(H,25,28). The number of thiophene rings is 1. The number of nitrogens with zero attached hydrogens (tertiary/aromatic N) is 1. The number of thioether (sulfide) groups is 1. The average Bonchev–Trinajstić information content (AvgIpc) is 3.22. The van der Waals surface area contributed by atoms with Gasteiger partial charge in [0.1, 0.15) is 10.6 Å². The molecule has 1 unspecified atom stereocenters. The van der Waals surface area contributed by atoms with Crippen molar-refractivity contribution in [2.75, 3.05) is 23.9 Å². The molecule has 3 aromatic rings. The highest BCUT2D eigenvalue weighted by atomic mass is 32.2. The van der Waals surface area contributed by atoms with Crippen LogP contribution in [-0.2, 0) is 14.3 Å². The maximum absolute atomic E-state index is 13.4. The number of amides is 2. The zero-order valence-corrected chi connectivity index (χ0v) is 19.5. The van der Waals surface area contributed by atoms with Gasteiger partial charge in [0, 0.05) is 22.9 Å². The van der Waals surface area contributed by atoms with Crippen LogP contribution in [0.4, 0.5) is 10.7 Å². The lowest BCUT2D eigenvalue weighted by atomic mass is 10.0. The predicted molar refractivity (Wildman–Crippen MR) is 128 cm³/mol. The average molecular weight is 467 g/mol. The van der Waals surface area contributed by atoms with Gasteiger partial charge in [0.05, 0.1) is 12.3 Å². The molecule has 8 heteroatoms. The third-order valence-corrected chi connectivity index (χ3v) is 7.50. The van der Waals surface area contributed by atoms with Gasteiger partial charge in [-0.2, -0.15) is 0 Å². The van der Waals surface area contributed by atoms with Crippen molar-refractivity contribution in [2.24, 2.45) is 0 Å². The Kier molecular flexibility index (Phi) is 6.08. The lowest BCUT2D eigenvalue weighted by molar-refractivity contribution is -0.128. The van der Waals surface area contributed by atoms with E-state index < -0.39 is 16.6 Å². The summed E-state index contributed by atoms with van der Waals surface area (Å²) >= 11 is 2.45. The van der Waals surface area contributed by atoms with E-state index in [0.29, 0.717) is 16.1 Å². The largest absolute Gasteiger partial charge is 0.462 e. The molecule has 32 heavy (non-hydrogen) atoms. The van der Waals surface area contributed by atoms with E-state index in [1.54, 1.807) is 20.9 Å². The van der Waals surface area contributed by atoms with Crippen LogP contribution >= 0.6 is 23.1 Å². The maximum Gasteiger partial charge on any atom is 0.341 e. The molecule has 1 aromatic heterocycles. The highest BCUT2D eigenvalue weighted by molar-refractivity contribution is 8.02. The van der Waals surface area contributed by atoms with Crippen molar-refractivity contribution in [1.82, 2.24) is 0 Å². The van der Waals surface area contributed by atoms with E-state index in [-0.39, 0.29) is 12.5 Å². The summed E-state index contributed by atoms with van der Waals surface area (Å²) in [6, 6.07) is 16.9. The van der Waals surface area contributed by atoms with Gasteiger partial charge in [0.25, 0.3) is 11.8 Å². The van der Waals surface area contributed by atoms with Gasteiger partial charge in [-0.15, -0.1) is 11.3 Å². The number of nitrogens with one attached hydrogen (secondary N) is 1. The van der Waals surface area contributed by atoms with Gasteiger partial charge < -0.3 is 15.0 Å². The second-order valence-corrected chi connectivity index (χ2v) is 9.70. The Bertz CT molecular complexity index is 1190. The van der Waals surface area contributed by atoms with Crippen molar-refractivity contribution in [3.05, 3.63) is 65.5 Å². The van der Waals surface area contributed by atoms with Crippen LogP contribution in [0.1, 0.15) is 24.2 Å². The number of esters is 1. The Balaban J connectivity index is 1.70. The van der Waals surface area contributed by atoms with Gasteiger partial charge in [0.2, 0.25) is 0 Å². The smallest absolute Gasteiger partial charge is 0.341 e. The molecule has 0 aliphatic carbocycles. The minimum Gasteiger partial charge on any atom is -0.462 e. The number of para-hydroxylation sites is 1. The van der Waals surface area contributed by atoms with Gasteiger partial charge in [0.15, 0.2) is 4.75 Å². The molecular weight excluding hydrogens is 444 g/mol. The molecule has 2 aromatic carbocycles. The van der Waals surface area contributed by atoms with Crippen LogP contribution < -0.4 is 10.2 Å². The Morgan fingerprint density at radius 1 is 1.09 bits per heavy atom. The van der Waals surface area contributed by atoms with Crippen LogP contribution in [-0.4, -0.2) is 36.2 Å². The van der Waals surface area contributed by atoms with Gasteiger partial charge in [-0.25, -0.2) is 4.79 Å². The number of carbonyl (C=O) groups excluding carboxylic acids is 3. The Morgan fingerprint density at radius 2 is 1.78 bits per heavy atom. The summed E-state index contributed by atoms with van der Waals surface area (Å²) in [6.07, 6.45) is 0. The number of ether oxygens (including phenoxy) is 1. The minimum absolute atomic E-state index is 0.212. The fourth-order valence-corrected chi connectivity index (χ4v) is 5.78. The summed E-state index contributed by atoms with van der Waals surface area (Å²) in [5, 5.41) is 5.02. The zero-order chi connectivity index (χ0) is 22.9. The zero-order valence-electron chi connectivity index (χ0n) is 17.9. The van der Waals surface area contributed by atoms with Crippen LogP contribution in [0, 0.1) is 0 Å². The summed E-state index contributed by atoms with van der Waals surface area (Å²) in [4.78, 5) is 41.7. The molecule has 2 heterocycles. The molecule has 1 aliphatic heterocycles. The van der Waals surface area contributed by atoms with Crippen molar-refractivity contribution in [1.29, 1.82) is 0 Å². The number of anilines is 2. The monoisotopic (exact) mass is 466 g/mol. The minimum atomic E-state index is -1.38. The van der Waals surface area contributed by atoms with Gasteiger partial charge in [-0.3, -0.25) is 9.59 Å². The first-order valence-corrected chi connectivity index (χ1v) is 11.8. The summed E-state index contributed by atoms with van der Waals surface area (Å²) in [5.74, 6) is -1.32. The van der Waals surface area contributed by atoms with Crippen molar-refractivity contribution in [3.63, 3.8) is 0 Å². The summed E-state index contributed by atoms with van der Waals surface area (Å²) < 4.78 is 3.88.